The molecule has 1 amide bonds. The second-order valence-corrected chi connectivity index (χ2v) is 9.64. The number of anilines is 1. The molecular weight excluding hydrogens is 471 g/mol. The zero-order chi connectivity index (χ0) is 24.2. The number of amides is 1. The van der Waals surface area contributed by atoms with Crippen LogP contribution in [0.4, 0.5) is 5.69 Å². The van der Waals surface area contributed by atoms with Gasteiger partial charge in [-0.05, 0) is 55.0 Å². The predicted octanol–water partition coefficient (Wildman–Crippen LogP) is 4.23. The van der Waals surface area contributed by atoms with Crippen LogP contribution >= 0.6 is 23.2 Å². The van der Waals surface area contributed by atoms with Crippen molar-refractivity contribution in [3.8, 4) is 5.75 Å². The van der Waals surface area contributed by atoms with Crippen molar-refractivity contribution in [2.24, 2.45) is 5.92 Å². The Hall–Kier alpha value is -2.41. The van der Waals surface area contributed by atoms with E-state index in [1.807, 2.05) is 49.5 Å². The third kappa shape index (κ3) is 5.29. The van der Waals surface area contributed by atoms with Gasteiger partial charge >= 0.3 is 0 Å². The molecule has 0 aromatic heterocycles. The molecule has 2 unspecified atom stereocenters. The van der Waals surface area contributed by atoms with E-state index in [1.54, 1.807) is 7.11 Å². The molecule has 1 fully saturated rings. The Morgan fingerprint density at radius 2 is 1.79 bits per heavy atom. The maximum absolute atomic E-state index is 13.0. The molecule has 2 heterocycles. The largest absolute Gasteiger partial charge is 0.497 e. The molecule has 0 spiro atoms. The van der Waals surface area contributed by atoms with Gasteiger partial charge in [0.15, 0.2) is 0 Å². The van der Waals surface area contributed by atoms with Gasteiger partial charge in [0.25, 0.3) is 0 Å². The highest BCUT2D eigenvalue weighted by atomic mass is 35.5. The fourth-order valence-corrected chi connectivity index (χ4v) is 5.06. The molecule has 8 heteroatoms. The molecule has 1 N–H and O–H groups in total. The number of hydrogen-bond donors (Lipinski definition) is 1. The maximum Gasteiger partial charge on any atom is 0.229 e. The molecule has 4 rings (SSSR count). The second kappa shape index (κ2) is 10.9. The van der Waals surface area contributed by atoms with Gasteiger partial charge in [-0.2, -0.15) is 0 Å². The SMILES string of the molecule is COc1ccc(C2=CC(C(=O)NCCN3CCN(c4cccc(Cl)c4Cl)CC3)C(C)N2C)cc1. The van der Waals surface area contributed by atoms with Gasteiger partial charge in [0, 0.05) is 58.1 Å². The zero-order valence-electron chi connectivity index (χ0n) is 19.9. The summed E-state index contributed by atoms with van der Waals surface area (Å²) < 4.78 is 5.26. The van der Waals surface area contributed by atoms with E-state index in [1.165, 1.54) is 0 Å². The minimum atomic E-state index is -0.177. The van der Waals surface area contributed by atoms with E-state index in [4.69, 9.17) is 27.9 Å². The molecule has 2 aromatic carbocycles. The minimum Gasteiger partial charge on any atom is -0.497 e. The van der Waals surface area contributed by atoms with Gasteiger partial charge in [-0.25, -0.2) is 0 Å². The van der Waals surface area contributed by atoms with Gasteiger partial charge in [-0.3, -0.25) is 9.69 Å². The third-order valence-electron chi connectivity index (χ3n) is 6.91. The molecule has 2 atom stereocenters. The number of nitrogens with one attached hydrogen (secondary N) is 1. The third-order valence-corrected chi connectivity index (χ3v) is 7.72. The molecule has 0 bridgehead atoms. The topological polar surface area (TPSA) is 48.1 Å². The summed E-state index contributed by atoms with van der Waals surface area (Å²) in [4.78, 5) is 19.8. The number of ether oxygens (including phenoxy) is 1. The van der Waals surface area contributed by atoms with Crippen LogP contribution in [-0.2, 0) is 4.79 Å². The molecule has 0 saturated carbocycles. The maximum atomic E-state index is 13.0. The van der Waals surface area contributed by atoms with Gasteiger partial charge in [0.05, 0.1) is 28.8 Å². The van der Waals surface area contributed by atoms with Gasteiger partial charge in [-0.1, -0.05) is 29.3 Å². The second-order valence-electron chi connectivity index (χ2n) is 8.85. The van der Waals surface area contributed by atoms with Crippen molar-refractivity contribution in [2.75, 3.05) is 58.3 Å². The fourth-order valence-electron chi connectivity index (χ4n) is 4.65. The Morgan fingerprint density at radius 3 is 2.47 bits per heavy atom. The summed E-state index contributed by atoms with van der Waals surface area (Å²) in [5, 5.41) is 4.35. The smallest absolute Gasteiger partial charge is 0.229 e. The molecule has 2 aliphatic rings. The number of nitrogens with zero attached hydrogens (tertiary/aromatic N) is 3. The van der Waals surface area contributed by atoms with Crippen LogP contribution in [0.25, 0.3) is 5.70 Å². The first-order valence-corrected chi connectivity index (χ1v) is 12.4. The van der Waals surface area contributed by atoms with Crippen LogP contribution in [0.3, 0.4) is 0 Å². The lowest BCUT2D eigenvalue weighted by Gasteiger charge is -2.36. The molecule has 0 aliphatic carbocycles. The number of carbonyl (C=O) groups is 1. The van der Waals surface area contributed by atoms with Crippen LogP contribution in [0, 0.1) is 5.92 Å². The number of piperazine rings is 1. The molecule has 2 aromatic rings. The van der Waals surface area contributed by atoms with Crippen LogP contribution < -0.4 is 15.0 Å². The van der Waals surface area contributed by atoms with Gasteiger partial charge < -0.3 is 19.9 Å². The highest BCUT2D eigenvalue weighted by molar-refractivity contribution is 6.43. The van der Waals surface area contributed by atoms with E-state index >= 15 is 0 Å². The van der Waals surface area contributed by atoms with Crippen molar-refractivity contribution in [2.45, 2.75) is 13.0 Å². The monoisotopic (exact) mass is 502 g/mol. The van der Waals surface area contributed by atoms with Gasteiger partial charge in [0.2, 0.25) is 5.91 Å². The van der Waals surface area contributed by atoms with Crippen molar-refractivity contribution in [3.05, 3.63) is 64.1 Å². The number of carbonyl (C=O) groups excluding carboxylic acids is 1. The first kappa shape index (κ1) is 24.7. The summed E-state index contributed by atoms with van der Waals surface area (Å²) in [6.07, 6.45) is 2.08. The number of rotatable bonds is 7. The van der Waals surface area contributed by atoms with Crippen molar-refractivity contribution in [1.29, 1.82) is 0 Å². The van der Waals surface area contributed by atoms with Crippen LogP contribution in [0.15, 0.2) is 48.5 Å². The van der Waals surface area contributed by atoms with E-state index in [0.29, 0.717) is 16.6 Å². The summed E-state index contributed by atoms with van der Waals surface area (Å²) >= 11 is 12.5. The first-order valence-electron chi connectivity index (χ1n) is 11.7. The highest BCUT2D eigenvalue weighted by Crippen LogP contribution is 2.34. The van der Waals surface area contributed by atoms with Crippen molar-refractivity contribution < 1.29 is 9.53 Å². The Kier molecular flexibility index (Phi) is 7.91. The molecular formula is C26H32Cl2N4O2. The summed E-state index contributed by atoms with van der Waals surface area (Å²) in [5.74, 6) is 0.722. The lowest BCUT2D eigenvalue weighted by molar-refractivity contribution is -0.124. The zero-order valence-corrected chi connectivity index (χ0v) is 21.4. The number of methoxy groups -OCH3 is 1. The Morgan fingerprint density at radius 1 is 1.09 bits per heavy atom. The Labute approximate surface area is 212 Å². The normalized spacial score (nSPS) is 20.9. The van der Waals surface area contributed by atoms with Crippen molar-refractivity contribution >= 4 is 40.5 Å². The number of hydrogen-bond acceptors (Lipinski definition) is 5. The van der Waals surface area contributed by atoms with Crippen molar-refractivity contribution in [1.82, 2.24) is 15.1 Å². The van der Waals surface area contributed by atoms with Crippen LogP contribution in [0.5, 0.6) is 5.75 Å². The Balaban J connectivity index is 1.27. The molecule has 182 valence electrons. The molecule has 2 aliphatic heterocycles. The van der Waals surface area contributed by atoms with Crippen LogP contribution in [0.1, 0.15) is 12.5 Å². The van der Waals surface area contributed by atoms with E-state index < -0.39 is 0 Å². The lowest BCUT2D eigenvalue weighted by atomic mass is 10.0. The van der Waals surface area contributed by atoms with E-state index in [9.17, 15) is 4.79 Å². The number of halogens is 2. The van der Waals surface area contributed by atoms with Crippen molar-refractivity contribution in [3.63, 3.8) is 0 Å². The highest BCUT2D eigenvalue weighted by Gasteiger charge is 2.34. The van der Waals surface area contributed by atoms with E-state index in [0.717, 1.165) is 55.4 Å². The first-order chi connectivity index (χ1) is 16.4. The minimum absolute atomic E-state index is 0.0761. The lowest BCUT2D eigenvalue weighted by Crippen LogP contribution is -2.49. The quantitative estimate of drug-likeness (QED) is 0.613. The standard InChI is InChI=1S/C26H32Cl2N4O2/c1-18-21(17-24(30(18)2)19-7-9-20(34-3)10-8-19)26(33)29-11-12-31-13-15-32(16-14-31)23-6-4-5-22(27)25(23)28/h4-10,17-18,21H,11-16H2,1-3H3,(H,29,33). The summed E-state index contributed by atoms with van der Waals surface area (Å²) in [6, 6.07) is 13.8. The van der Waals surface area contributed by atoms with Gasteiger partial charge in [-0.15, -0.1) is 0 Å². The summed E-state index contributed by atoms with van der Waals surface area (Å²) in [6.45, 7) is 7.16. The van der Waals surface area contributed by atoms with E-state index in [-0.39, 0.29) is 17.9 Å². The molecule has 1 saturated heterocycles. The molecule has 6 nitrogen and oxygen atoms in total. The summed E-state index contributed by atoms with van der Waals surface area (Å²) in [7, 11) is 3.70. The fraction of sp³-hybridized carbons (Fsp3) is 0.423. The average molecular weight is 503 g/mol. The van der Waals surface area contributed by atoms with Crippen LogP contribution in [0.2, 0.25) is 10.0 Å². The van der Waals surface area contributed by atoms with Crippen LogP contribution in [-0.4, -0.2) is 75.2 Å². The van der Waals surface area contributed by atoms with E-state index in [2.05, 4.69) is 33.0 Å². The number of benzene rings is 2. The predicted molar refractivity (Wildman–Crippen MR) is 140 cm³/mol. The molecule has 34 heavy (non-hydrogen) atoms. The average Bonchev–Trinajstić information content (AvgIpc) is 3.16. The summed E-state index contributed by atoms with van der Waals surface area (Å²) in [5.41, 5.74) is 3.15. The molecule has 0 radical (unpaired) electrons. The van der Waals surface area contributed by atoms with Gasteiger partial charge in [0.1, 0.15) is 5.75 Å². The Bertz CT molecular complexity index is 1040.